The van der Waals surface area contributed by atoms with E-state index >= 15 is 0 Å². The van der Waals surface area contributed by atoms with Gasteiger partial charge in [-0.3, -0.25) is 14.6 Å². The smallest absolute Gasteiger partial charge is 0.257 e. The van der Waals surface area contributed by atoms with Gasteiger partial charge in [0.1, 0.15) is 5.82 Å². The second-order valence-electron chi connectivity index (χ2n) is 5.67. The van der Waals surface area contributed by atoms with E-state index in [0.29, 0.717) is 18.7 Å². The summed E-state index contributed by atoms with van der Waals surface area (Å²) >= 11 is 0. The van der Waals surface area contributed by atoms with Crippen LogP contribution in [0.3, 0.4) is 0 Å². The normalized spacial score (nSPS) is 11.7. The summed E-state index contributed by atoms with van der Waals surface area (Å²) in [5.41, 5.74) is 1.29. The molecule has 0 unspecified atom stereocenters. The summed E-state index contributed by atoms with van der Waals surface area (Å²) in [6, 6.07) is 7.54. The molecule has 1 N–H and O–H groups in total. The van der Waals surface area contributed by atoms with Crippen molar-refractivity contribution >= 4 is 17.5 Å². The van der Waals surface area contributed by atoms with Crippen LogP contribution >= 0.6 is 0 Å². The van der Waals surface area contributed by atoms with Crippen LogP contribution in [0.1, 0.15) is 49.2 Å². The Balaban J connectivity index is 2.37. The number of aromatic nitrogens is 1. The molecular formula is C19H22FN3O2. The van der Waals surface area contributed by atoms with Crippen molar-refractivity contribution in [2.24, 2.45) is 0 Å². The number of nitrogens with zero attached hydrogens (tertiary/aromatic N) is 2. The first-order valence-corrected chi connectivity index (χ1v) is 8.25. The first-order valence-electron chi connectivity index (χ1n) is 8.25. The molecule has 0 bridgehead atoms. The van der Waals surface area contributed by atoms with Gasteiger partial charge in [-0.2, -0.15) is 0 Å². The van der Waals surface area contributed by atoms with E-state index in [0.717, 1.165) is 5.56 Å². The lowest BCUT2D eigenvalue weighted by Gasteiger charge is -2.31. The lowest BCUT2D eigenvalue weighted by atomic mass is 10.0. The van der Waals surface area contributed by atoms with E-state index in [9.17, 15) is 14.0 Å². The summed E-state index contributed by atoms with van der Waals surface area (Å²) in [6.45, 7) is 5.63. The number of benzene rings is 1. The van der Waals surface area contributed by atoms with Crippen molar-refractivity contribution in [2.75, 3.05) is 11.9 Å². The fraction of sp³-hybridized carbons (Fsp3) is 0.316. The SMILES string of the molecule is CC[C@H](c1ccncc1)N(CC)C(=O)c1cc(NC(C)=O)ccc1F. The van der Waals surface area contributed by atoms with E-state index in [2.05, 4.69) is 10.3 Å². The fourth-order valence-electron chi connectivity index (χ4n) is 2.85. The zero-order valence-corrected chi connectivity index (χ0v) is 14.6. The zero-order valence-electron chi connectivity index (χ0n) is 14.6. The molecule has 0 saturated carbocycles. The number of halogens is 1. The standard InChI is InChI=1S/C19H22FN3O2/c1-4-18(14-8-10-21-11-9-14)23(5-2)19(25)16-12-15(22-13(3)24)6-7-17(16)20/h6-12,18H,4-5H2,1-3H3,(H,22,24)/t18-/m1/s1. The van der Waals surface area contributed by atoms with Gasteiger partial charge < -0.3 is 10.2 Å². The molecule has 2 aromatic rings. The number of carbonyl (C=O) groups excluding carboxylic acids is 2. The molecule has 0 spiro atoms. The number of amides is 2. The predicted molar refractivity (Wildman–Crippen MR) is 94.7 cm³/mol. The summed E-state index contributed by atoms with van der Waals surface area (Å²) in [5, 5.41) is 2.57. The van der Waals surface area contributed by atoms with Gasteiger partial charge in [0.05, 0.1) is 11.6 Å². The largest absolute Gasteiger partial charge is 0.332 e. The molecule has 0 aliphatic carbocycles. The molecule has 0 fully saturated rings. The van der Waals surface area contributed by atoms with Gasteiger partial charge in [-0.05, 0) is 49.2 Å². The second-order valence-corrected chi connectivity index (χ2v) is 5.67. The minimum Gasteiger partial charge on any atom is -0.332 e. The van der Waals surface area contributed by atoms with Gasteiger partial charge in [0.25, 0.3) is 5.91 Å². The average Bonchev–Trinajstić information content (AvgIpc) is 2.61. The monoisotopic (exact) mass is 343 g/mol. The third-order valence-corrected chi connectivity index (χ3v) is 3.97. The third-order valence-electron chi connectivity index (χ3n) is 3.97. The second kappa shape index (κ2) is 8.37. The van der Waals surface area contributed by atoms with Crippen molar-refractivity contribution in [1.82, 2.24) is 9.88 Å². The van der Waals surface area contributed by atoms with Gasteiger partial charge in [-0.15, -0.1) is 0 Å². The molecule has 1 heterocycles. The van der Waals surface area contributed by atoms with Gasteiger partial charge in [0, 0.05) is 31.5 Å². The summed E-state index contributed by atoms with van der Waals surface area (Å²) < 4.78 is 14.3. The molecule has 1 aromatic carbocycles. The number of hydrogen-bond donors (Lipinski definition) is 1. The van der Waals surface area contributed by atoms with Crippen LogP contribution in [-0.2, 0) is 4.79 Å². The van der Waals surface area contributed by atoms with Crippen LogP contribution in [0.15, 0.2) is 42.7 Å². The highest BCUT2D eigenvalue weighted by atomic mass is 19.1. The third kappa shape index (κ3) is 4.41. The average molecular weight is 343 g/mol. The van der Waals surface area contributed by atoms with Crippen LogP contribution in [0.5, 0.6) is 0 Å². The van der Waals surface area contributed by atoms with E-state index in [-0.39, 0.29) is 17.5 Å². The maximum Gasteiger partial charge on any atom is 0.257 e. The van der Waals surface area contributed by atoms with Crippen LogP contribution in [-0.4, -0.2) is 28.2 Å². The number of hydrogen-bond acceptors (Lipinski definition) is 3. The molecule has 0 radical (unpaired) electrons. The number of anilines is 1. The quantitative estimate of drug-likeness (QED) is 0.868. The van der Waals surface area contributed by atoms with Gasteiger partial charge in [0.15, 0.2) is 0 Å². The van der Waals surface area contributed by atoms with Crippen molar-refractivity contribution in [3.8, 4) is 0 Å². The maximum absolute atomic E-state index is 14.3. The highest BCUT2D eigenvalue weighted by Gasteiger charge is 2.25. The van der Waals surface area contributed by atoms with E-state index in [1.165, 1.54) is 25.1 Å². The molecule has 25 heavy (non-hydrogen) atoms. The Morgan fingerprint density at radius 1 is 1.20 bits per heavy atom. The van der Waals surface area contributed by atoms with Gasteiger partial charge in [-0.1, -0.05) is 6.92 Å². The summed E-state index contributed by atoms with van der Waals surface area (Å²) in [5.74, 6) is -1.29. The van der Waals surface area contributed by atoms with Crippen molar-refractivity contribution in [2.45, 2.75) is 33.2 Å². The van der Waals surface area contributed by atoms with Crippen molar-refractivity contribution in [3.05, 3.63) is 59.7 Å². The Labute approximate surface area is 146 Å². The number of rotatable bonds is 6. The Morgan fingerprint density at radius 3 is 2.44 bits per heavy atom. The van der Waals surface area contributed by atoms with E-state index in [1.807, 2.05) is 26.0 Å². The van der Waals surface area contributed by atoms with E-state index in [4.69, 9.17) is 0 Å². The summed E-state index contributed by atoms with van der Waals surface area (Å²) in [6.07, 6.45) is 4.04. The molecule has 0 aliphatic heterocycles. The van der Waals surface area contributed by atoms with E-state index < -0.39 is 11.7 Å². The van der Waals surface area contributed by atoms with Crippen LogP contribution in [0.4, 0.5) is 10.1 Å². The molecule has 132 valence electrons. The Morgan fingerprint density at radius 2 is 1.88 bits per heavy atom. The predicted octanol–water partition coefficient (Wildman–Crippen LogP) is 3.79. The van der Waals surface area contributed by atoms with Crippen LogP contribution in [0.2, 0.25) is 0 Å². The summed E-state index contributed by atoms with van der Waals surface area (Å²) in [4.78, 5) is 29.8. The maximum atomic E-state index is 14.3. The number of carbonyl (C=O) groups is 2. The highest BCUT2D eigenvalue weighted by Crippen LogP contribution is 2.27. The molecular weight excluding hydrogens is 321 g/mol. The first kappa shape index (κ1) is 18.6. The lowest BCUT2D eigenvalue weighted by molar-refractivity contribution is -0.114. The number of nitrogens with one attached hydrogen (secondary N) is 1. The molecule has 5 nitrogen and oxygen atoms in total. The molecule has 1 atom stereocenters. The van der Waals surface area contributed by atoms with Gasteiger partial charge in [0.2, 0.25) is 5.91 Å². The zero-order chi connectivity index (χ0) is 18.4. The lowest BCUT2D eigenvalue weighted by Crippen LogP contribution is -2.35. The molecule has 6 heteroatoms. The molecule has 2 amide bonds. The van der Waals surface area contributed by atoms with Gasteiger partial charge in [-0.25, -0.2) is 4.39 Å². The fourth-order valence-corrected chi connectivity index (χ4v) is 2.85. The van der Waals surface area contributed by atoms with Crippen LogP contribution in [0.25, 0.3) is 0 Å². The van der Waals surface area contributed by atoms with Crippen LogP contribution < -0.4 is 5.32 Å². The van der Waals surface area contributed by atoms with Crippen molar-refractivity contribution in [1.29, 1.82) is 0 Å². The Hall–Kier alpha value is -2.76. The molecule has 1 aromatic heterocycles. The number of pyridine rings is 1. The Bertz CT molecular complexity index is 750. The molecule has 2 rings (SSSR count). The van der Waals surface area contributed by atoms with Crippen LogP contribution in [0, 0.1) is 5.82 Å². The topological polar surface area (TPSA) is 62.3 Å². The minimum absolute atomic E-state index is 0.0550. The molecule has 0 aliphatic rings. The van der Waals surface area contributed by atoms with Crippen molar-refractivity contribution < 1.29 is 14.0 Å². The summed E-state index contributed by atoms with van der Waals surface area (Å²) in [7, 11) is 0. The minimum atomic E-state index is -0.609. The van der Waals surface area contributed by atoms with Gasteiger partial charge >= 0.3 is 0 Å². The highest BCUT2D eigenvalue weighted by molar-refractivity contribution is 5.97. The Kier molecular flexibility index (Phi) is 6.22. The molecule has 0 saturated heterocycles. The van der Waals surface area contributed by atoms with Crippen molar-refractivity contribution in [3.63, 3.8) is 0 Å². The van der Waals surface area contributed by atoms with E-state index in [1.54, 1.807) is 17.3 Å². The first-order chi connectivity index (χ1) is 12.0.